The van der Waals surface area contributed by atoms with Gasteiger partial charge in [-0.3, -0.25) is 4.90 Å². The van der Waals surface area contributed by atoms with Crippen LogP contribution in [0.3, 0.4) is 0 Å². The first-order valence-electron chi connectivity index (χ1n) is 4.79. The predicted molar refractivity (Wildman–Crippen MR) is 46.8 cm³/mol. The van der Waals surface area contributed by atoms with Crippen molar-refractivity contribution in [2.75, 3.05) is 13.2 Å². The molecule has 0 aromatic heterocycles. The van der Waals surface area contributed by atoms with Gasteiger partial charge in [0.25, 0.3) is 0 Å². The maximum absolute atomic E-state index is 9.40. The molecule has 0 spiro atoms. The van der Waals surface area contributed by atoms with Gasteiger partial charge in [-0.25, -0.2) is 0 Å². The lowest BCUT2D eigenvalue weighted by Crippen LogP contribution is -2.44. The van der Waals surface area contributed by atoms with Crippen molar-refractivity contribution in [2.24, 2.45) is 5.92 Å². The van der Waals surface area contributed by atoms with Gasteiger partial charge in [-0.15, -0.1) is 0 Å². The van der Waals surface area contributed by atoms with Gasteiger partial charge in [0.15, 0.2) is 0 Å². The molecule has 12 heavy (non-hydrogen) atoms. The number of fused-ring (bicyclic) bond motifs is 3. The molecule has 2 heterocycles. The third kappa shape index (κ3) is 0.679. The van der Waals surface area contributed by atoms with E-state index in [0.29, 0.717) is 6.61 Å². The first kappa shape index (κ1) is 7.10. The van der Waals surface area contributed by atoms with Crippen LogP contribution in [0.2, 0.25) is 0 Å². The number of piperidine rings is 1. The summed E-state index contributed by atoms with van der Waals surface area (Å²) < 4.78 is 0. The van der Waals surface area contributed by atoms with Gasteiger partial charge in [-0.1, -0.05) is 12.2 Å². The van der Waals surface area contributed by atoms with Crippen LogP contribution in [0, 0.1) is 5.92 Å². The summed E-state index contributed by atoms with van der Waals surface area (Å²) in [6, 6.07) is 0.802. The second kappa shape index (κ2) is 1.94. The summed E-state index contributed by atoms with van der Waals surface area (Å²) in [5, 5.41) is 9.40. The van der Waals surface area contributed by atoms with Gasteiger partial charge in [0.1, 0.15) is 0 Å². The Balaban J connectivity index is 1.94. The SMILES string of the molecule is C=C1CN2[C@@H]3C[C@@H]3CC2(CO)C1. The Bertz CT molecular complexity index is 250. The second-order valence-electron chi connectivity index (χ2n) is 4.70. The molecule has 2 aliphatic heterocycles. The molecule has 2 heteroatoms. The molecule has 66 valence electrons. The summed E-state index contributed by atoms with van der Waals surface area (Å²) >= 11 is 0. The molecule has 0 bridgehead atoms. The van der Waals surface area contributed by atoms with Crippen LogP contribution in [0.4, 0.5) is 0 Å². The Kier molecular flexibility index (Phi) is 1.15. The van der Waals surface area contributed by atoms with E-state index in [-0.39, 0.29) is 5.54 Å². The maximum atomic E-state index is 9.40. The molecule has 3 fully saturated rings. The first-order valence-corrected chi connectivity index (χ1v) is 4.79. The fourth-order valence-corrected chi connectivity index (χ4v) is 3.22. The maximum Gasteiger partial charge on any atom is 0.0618 e. The van der Waals surface area contributed by atoms with Crippen molar-refractivity contribution in [2.45, 2.75) is 30.8 Å². The number of hydrogen-bond acceptors (Lipinski definition) is 2. The van der Waals surface area contributed by atoms with E-state index in [1.807, 2.05) is 0 Å². The molecular formula is C10H15NO. The van der Waals surface area contributed by atoms with Crippen molar-refractivity contribution in [3.05, 3.63) is 12.2 Å². The van der Waals surface area contributed by atoms with Gasteiger partial charge in [0.05, 0.1) is 6.61 Å². The van der Waals surface area contributed by atoms with E-state index in [9.17, 15) is 5.11 Å². The van der Waals surface area contributed by atoms with Crippen LogP contribution < -0.4 is 0 Å². The van der Waals surface area contributed by atoms with Crippen LogP contribution in [0.15, 0.2) is 12.2 Å². The number of hydrogen-bond donors (Lipinski definition) is 1. The minimum Gasteiger partial charge on any atom is -0.394 e. The van der Waals surface area contributed by atoms with Crippen molar-refractivity contribution >= 4 is 0 Å². The van der Waals surface area contributed by atoms with E-state index in [1.165, 1.54) is 18.4 Å². The highest BCUT2D eigenvalue weighted by atomic mass is 16.3. The number of aliphatic hydroxyl groups is 1. The van der Waals surface area contributed by atoms with Gasteiger partial charge in [0.2, 0.25) is 0 Å². The molecule has 3 aliphatic rings. The molecule has 0 amide bonds. The fraction of sp³-hybridized carbons (Fsp3) is 0.800. The molecule has 1 unspecified atom stereocenters. The molecule has 3 atom stereocenters. The van der Waals surface area contributed by atoms with E-state index in [4.69, 9.17) is 0 Å². The van der Waals surface area contributed by atoms with Crippen molar-refractivity contribution in [1.29, 1.82) is 0 Å². The molecule has 1 N–H and O–H groups in total. The molecule has 3 rings (SSSR count). The third-order valence-electron chi connectivity index (χ3n) is 3.80. The fourth-order valence-electron chi connectivity index (χ4n) is 3.22. The van der Waals surface area contributed by atoms with Crippen LogP contribution in [-0.4, -0.2) is 34.7 Å². The number of rotatable bonds is 1. The van der Waals surface area contributed by atoms with Crippen LogP contribution in [0.1, 0.15) is 19.3 Å². The van der Waals surface area contributed by atoms with E-state index in [2.05, 4.69) is 11.5 Å². The zero-order valence-electron chi connectivity index (χ0n) is 7.29. The molecule has 0 aromatic rings. The lowest BCUT2D eigenvalue weighted by molar-refractivity contribution is 0.0794. The Hall–Kier alpha value is -0.340. The standard InChI is InChI=1S/C10H15NO/c1-7-3-10(6-12)4-8-2-9(8)11(10)5-7/h8-9,12H,1-6H2/t8-,9-,10?/m1/s1. The minimum atomic E-state index is 0.130. The van der Waals surface area contributed by atoms with Gasteiger partial charge in [-0.2, -0.15) is 0 Å². The summed E-state index contributed by atoms with van der Waals surface area (Å²) in [6.45, 7) is 5.41. The van der Waals surface area contributed by atoms with Gasteiger partial charge in [-0.05, 0) is 25.2 Å². The zero-order chi connectivity index (χ0) is 8.34. The lowest BCUT2D eigenvalue weighted by Gasteiger charge is -2.32. The topological polar surface area (TPSA) is 23.5 Å². The highest BCUT2D eigenvalue weighted by Gasteiger charge is 2.61. The van der Waals surface area contributed by atoms with Gasteiger partial charge >= 0.3 is 0 Å². The van der Waals surface area contributed by atoms with Crippen molar-refractivity contribution < 1.29 is 5.11 Å². The lowest BCUT2D eigenvalue weighted by atomic mass is 9.92. The highest BCUT2D eigenvalue weighted by molar-refractivity contribution is 5.25. The normalized spacial score (nSPS) is 50.9. The predicted octanol–water partition coefficient (Wildman–Crippen LogP) is 0.772. The minimum absolute atomic E-state index is 0.130. The molecule has 1 aliphatic carbocycles. The van der Waals surface area contributed by atoms with Crippen molar-refractivity contribution in [3.63, 3.8) is 0 Å². The molecule has 1 saturated carbocycles. The average Bonchev–Trinajstić information content (AvgIpc) is 2.60. The molecule has 2 nitrogen and oxygen atoms in total. The molecular weight excluding hydrogens is 150 g/mol. The summed E-state index contributed by atoms with van der Waals surface area (Å²) in [7, 11) is 0. The Labute approximate surface area is 72.9 Å². The summed E-state index contributed by atoms with van der Waals surface area (Å²) in [4.78, 5) is 2.50. The number of nitrogens with zero attached hydrogens (tertiary/aromatic N) is 1. The van der Waals surface area contributed by atoms with Crippen molar-refractivity contribution in [1.82, 2.24) is 4.90 Å². The van der Waals surface area contributed by atoms with E-state index < -0.39 is 0 Å². The number of aliphatic hydroxyl groups excluding tert-OH is 1. The quantitative estimate of drug-likeness (QED) is 0.580. The summed E-state index contributed by atoms with van der Waals surface area (Å²) in [5.74, 6) is 0.908. The smallest absolute Gasteiger partial charge is 0.0618 e. The molecule has 0 radical (unpaired) electrons. The van der Waals surface area contributed by atoms with E-state index in [0.717, 1.165) is 24.9 Å². The van der Waals surface area contributed by atoms with E-state index in [1.54, 1.807) is 0 Å². The second-order valence-corrected chi connectivity index (χ2v) is 4.70. The summed E-state index contributed by atoms with van der Waals surface area (Å²) in [6.07, 6.45) is 3.62. The van der Waals surface area contributed by atoms with Gasteiger partial charge in [0, 0.05) is 18.1 Å². The largest absolute Gasteiger partial charge is 0.394 e. The first-order chi connectivity index (χ1) is 5.75. The average molecular weight is 165 g/mol. The Morgan fingerprint density at radius 2 is 2.50 bits per heavy atom. The van der Waals surface area contributed by atoms with E-state index >= 15 is 0 Å². The Morgan fingerprint density at radius 3 is 3.17 bits per heavy atom. The third-order valence-corrected chi connectivity index (χ3v) is 3.80. The monoisotopic (exact) mass is 165 g/mol. The van der Waals surface area contributed by atoms with Crippen molar-refractivity contribution in [3.8, 4) is 0 Å². The molecule has 0 aromatic carbocycles. The van der Waals surface area contributed by atoms with Crippen LogP contribution >= 0.6 is 0 Å². The van der Waals surface area contributed by atoms with Crippen LogP contribution in [-0.2, 0) is 0 Å². The van der Waals surface area contributed by atoms with Crippen LogP contribution in [0.25, 0.3) is 0 Å². The molecule has 2 saturated heterocycles. The summed E-state index contributed by atoms with van der Waals surface area (Å²) in [5.41, 5.74) is 1.44. The Morgan fingerprint density at radius 1 is 1.67 bits per heavy atom. The highest BCUT2D eigenvalue weighted by Crippen LogP contribution is 2.57. The van der Waals surface area contributed by atoms with Gasteiger partial charge < -0.3 is 5.11 Å². The zero-order valence-corrected chi connectivity index (χ0v) is 7.29. The van der Waals surface area contributed by atoms with Crippen LogP contribution in [0.5, 0.6) is 0 Å².